The van der Waals surface area contributed by atoms with Crippen molar-refractivity contribution in [3.05, 3.63) is 28.8 Å². The Morgan fingerprint density at radius 3 is 2.93 bits per heavy atom. The molecule has 1 aromatic rings. The van der Waals surface area contributed by atoms with Gasteiger partial charge in [0.25, 0.3) is 0 Å². The highest BCUT2D eigenvalue weighted by Crippen LogP contribution is 2.31. The van der Waals surface area contributed by atoms with Crippen molar-refractivity contribution in [2.75, 3.05) is 6.54 Å². The van der Waals surface area contributed by atoms with Gasteiger partial charge in [0.2, 0.25) is 0 Å². The van der Waals surface area contributed by atoms with Crippen LogP contribution in [0.4, 0.5) is 0 Å². The molecule has 0 spiro atoms. The van der Waals surface area contributed by atoms with Crippen LogP contribution in [0.2, 0.25) is 0 Å². The summed E-state index contributed by atoms with van der Waals surface area (Å²) in [6.07, 6.45) is 1.17. The van der Waals surface area contributed by atoms with Gasteiger partial charge in [-0.25, -0.2) is 0 Å². The van der Waals surface area contributed by atoms with E-state index in [2.05, 4.69) is 38.2 Å². The van der Waals surface area contributed by atoms with Gasteiger partial charge < -0.3 is 4.74 Å². The number of hydrogen-bond acceptors (Lipinski definition) is 2. The minimum Gasteiger partial charge on any atom is -0.475 e. The molecule has 0 saturated heterocycles. The van der Waals surface area contributed by atoms with Gasteiger partial charge in [0.1, 0.15) is 5.75 Å². The van der Waals surface area contributed by atoms with Gasteiger partial charge in [-0.3, -0.25) is 5.32 Å². The quantitative estimate of drug-likeness (QED) is 0.773. The Bertz CT molecular complexity index is 346. The van der Waals surface area contributed by atoms with Gasteiger partial charge in [0.15, 0.2) is 6.23 Å². The maximum atomic E-state index is 5.80. The third-order valence-electron chi connectivity index (χ3n) is 2.67. The number of hydrogen-bond donors (Lipinski definition) is 1. The summed E-state index contributed by atoms with van der Waals surface area (Å²) in [5.74, 6) is 1.06. The standard InChI is InChI=1S/C12H17NO/c1-4-13-12-7-10-9(3)5-8(2)6-11(10)14-12/h5-6,12-13H,4,7H2,1-3H3. The fourth-order valence-electron chi connectivity index (χ4n) is 2.05. The molecular formula is C12H17NO. The first-order valence-electron chi connectivity index (χ1n) is 5.21. The van der Waals surface area contributed by atoms with Crippen LogP contribution in [0.3, 0.4) is 0 Å². The minimum atomic E-state index is 0.176. The van der Waals surface area contributed by atoms with Gasteiger partial charge in [0, 0.05) is 12.0 Å². The van der Waals surface area contributed by atoms with Crippen molar-refractivity contribution in [3.63, 3.8) is 0 Å². The number of benzene rings is 1. The van der Waals surface area contributed by atoms with Crippen LogP contribution in [0.25, 0.3) is 0 Å². The molecule has 14 heavy (non-hydrogen) atoms. The summed E-state index contributed by atoms with van der Waals surface area (Å²) in [6, 6.07) is 4.34. The molecule has 0 aliphatic carbocycles. The van der Waals surface area contributed by atoms with Gasteiger partial charge in [-0.05, 0) is 37.6 Å². The first-order valence-corrected chi connectivity index (χ1v) is 5.21. The maximum Gasteiger partial charge on any atom is 0.154 e. The predicted molar refractivity (Wildman–Crippen MR) is 57.7 cm³/mol. The second kappa shape index (κ2) is 3.62. The molecule has 1 N–H and O–H groups in total. The third kappa shape index (κ3) is 1.62. The van der Waals surface area contributed by atoms with E-state index in [1.54, 1.807) is 0 Å². The Morgan fingerprint density at radius 2 is 2.21 bits per heavy atom. The van der Waals surface area contributed by atoms with Crippen LogP contribution in [0, 0.1) is 13.8 Å². The molecule has 1 heterocycles. The van der Waals surface area contributed by atoms with E-state index in [9.17, 15) is 0 Å². The molecule has 1 unspecified atom stereocenters. The summed E-state index contributed by atoms with van der Waals surface area (Å²) >= 11 is 0. The van der Waals surface area contributed by atoms with Crippen LogP contribution in [-0.2, 0) is 6.42 Å². The van der Waals surface area contributed by atoms with E-state index >= 15 is 0 Å². The Morgan fingerprint density at radius 1 is 1.43 bits per heavy atom. The highest BCUT2D eigenvalue weighted by atomic mass is 16.5. The van der Waals surface area contributed by atoms with E-state index in [1.807, 2.05) is 0 Å². The van der Waals surface area contributed by atoms with Crippen molar-refractivity contribution >= 4 is 0 Å². The lowest BCUT2D eigenvalue weighted by molar-refractivity contribution is 0.195. The zero-order valence-corrected chi connectivity index (χ0v) is 9.05. The fourth-order valence-corrected chi connectivity index (χ4v) is 2.05. The molecule has 1 aliphatic heterocycles. The van der Waals surface area contributed by atoms with Gasteiger partial charge in [0.05, 0.1) is 0 Å². The molecule has 0 amide bonds. The lowest BCUT2D eigenvalue weighted by atomic mass is 10.0. The van der Waals surface area contributed by atoms with Crippen LogP contribution < -0.4 is 10.1 Å². The molecule has 1 atom stereocenters. The SMILES string of the molecule is CCNC1Cc2c(C)cc(C)cc2O1. The average Bonchev–Trinajstić information content (AvgIpc) is 2.48. The van der Waals surface area contributed by atoms with Crippen LogP contribution in [-0.4, -0.2) is 12.8 Å². The van der Waals surface area contributed by atoms with Gasteiger partial charge >= 0.3 is 0 Å². The largest absolute Gasteiger partial charge is 0.475 e. The number of nitrogens with one attached hydrogen (secondary N) is 1. The summed E-state index contributed by atoms with van der Waals surface area (Å²) in [5.41, 5.74) is 3.99. The summed E-state index contributed by atoms with van der Waals surface area (Å²) in [6.45, 7) is 7.32. The van der Waals surface area contributed by atoms with E-state index in [-0.39, 0.29) is 6.23 Å². The molecule has 2 heteroatoms. The predicted octanol–water partition coefficient (Wildman–Crippen LogP) is 2.17. The second-order valence-electron chi connectivity index (χ2n) is 3.93. The van der Waals surface area contributed by atoms with E-state index in [0.29, 0.717) is 0 Å². The van der Waals surface area contributed by atoms with E-state index in [0.717, 1.165) is 18.7 Å². The minimum absolute atomic E-state index is 0.176. The molecule has 1 aliphatic rings. The number of fused-ring (bicyclic) bond motifs is 1. The Labute approximate surface area is 85.3 Å². The van der Waals surface area contributed by atoms with E-state index in [1.165, 1.54) is 16.7 Å². The topological polar surface area (TPSA) is 21.3 Å². The number of likely N-dealkylation sites (N-methyl/N-ethyl adjacent to an activating group) is 1. The molecule has 1 aromatic carbocycles. The van der Waals surface area contributed by atoms with Crippen LogP contribution in [0.15, 0.2) is 12.1 Å². The summed E-state index contributed by atoms with van der Waals surface area (Å²) in [5, 5.41) is 3.32. The van der Waals surface area contributed by atoms with E-state index < -0.39 is 0 Å². The summed E-state index contributed by atoms with van der Waals surface area (Å²) in [4.78, 5) is 0. The van der Waals surface area contributed by atoms with Crippen LogP contribution in [0.1, 0.15) is 23.6 Å². The molecule has 2 nitrogen and oxygen atoms in total. The van der Waals surface area contributed by atoms with E-state index in [4.69, 9.17) is 4.74 Å². The second-order valence-corrected chi connectivity index (χ2v) is 3.93. The maximum absolute atomic E-state index is 5.80. The number of ether oxygens (including phenoxy) is 1. The lowest BCUT2D eigenvalue weighted by Crippen LogP contribution is -2.32. The molecule has 0 radical (unpaired) electrons. The first-order chi connectivity index (χ1) is 6.70. The molecule has 2 rings (SSSR count). The monoisotopic (exact) mass is 191 g/mol. The summed E-state index contributed by atoms with van der Waals surface area (Å²) < 4.78 is 5.80. The van der Waals surface area contributed by atoms with Crippen molar-refractivity contribution in [2.45, 2.75) is 33.4 Å². The van der Waals surface area contributed by atoms with Gasteiger partial charge in [-0.15, -0.1) is 0 Å². The Balaban J connectivity index is 2.26. The third-order valence-corrected chi connectivity index (χ3v) is 2.67. The zero-order valence-electron chi connectivity index (χ0n) is 9.05. The molecule has 76 valence electrons. The first kappa shape index (κ1) is 9.53. The van der Waals surface area contributed by atoms with Crippen LogP contribution in [0.5, 0.6) is 5.75 Å². The molecule has 0 aromatic heterocycles. The van der Waals surface area contributed by atoms with Gasteiger partial charge in [-0.1, -0.05) is 13.0 Å². The molecule has 0 saturated carbocycles. The Kier molecular flexibility index (Phi) is 2.46. The van der Waals surface area contributed by atoms with Crippen LogP contribution >= 0.6 is 0 Å². The highest BCUT2D eigenvalue weighted by Gasteiger charge is 2.23. The van der Waals surface area contributed by atoms with Crippen molar-refractivity contribution in [1.82, 2.24) is 5.32 Å². The smallest absolute Gasteiger partial charge is 0.154 e. The zero-order chi connectivity index (χ0) is 10.1. The van der Waals surface area contributed by atoms with Crippen molar-refractivity contribution < 1.29 is 4.74 Å². The normalized spacial score (nSPS) is 19.2. The number of aryl methyl sites for hydroxylation is 2. The average molecular weight is 191 g/mol. The summed E-state index contributed by atoms with van der Waals surface area (Å²) in [7, 11) is 0. The van der Waals surface area contributed by atoms with Gasteiger partial charge in [-0.2, -0.15) is 0 Å². The molecular weight excluding hydrogens is 174 g/mol. The lowest BCUT2D eigenvalue weighted by Gasteiger charge is -2.10. The molecule has 0 bridgehead atoms. The van der Waals surface area contributed by atoms with Crippen molar-refractivity contribution in [3.8, 4) is 5.75 Å². The van der Waals surface area contributed by atoms with Crippen molar-refractivity contribution in [2.24, 2.45) is 0 Å². The number of rotatable bonds is 2. The molecule has 0 fully saturated rings. The highest BCUT2D eigenvalue weighted by molar-refractivity contribution is 5.45. The Hall–Kier alpha value is -1.02. The van der Waals surface area contributed by atoms with Crippen molar-refractivity contribution in [1.29, 1.82) is 0 Å². The fraction of sp³-hybridized carbons (Fsp3) is 0.500.